The molecule has 2 aliphatic rings. The van der Waals surface area contributed by atoms with E-state index in [1.807, 2.05) is 0 Å². The van der Waals surface area contributed by atoms with E-state index in [1.54, 1.807) is 0 Å². The predicted octanol–water partition coefficient (Wildman–Crippen LogP) is 1.72. The molecule has 2 fully saturated rings. The third-order valence-corrected chi connectivity index (χ3v) is 3.94. The summed E-state index contributed by atoms with van der Waals surface area (Å²) in [5, 5.41) is 3.54. The maximum Gasteiger partial charge on any atom is 0.00796 e. The first-order chi connectivity index (χ1) is 6.57. The van der Waals surface area contributed by atoms with Crippen molar-refractivity contribution in [2.75, 3.05) is 26.2 Å². The molecule has 2 heteroatoms. The Morgan fingerprint density at radius 2 is 2.21 bits per heavy atom. The van der Waals surface area contributed by atoms with Crippen LogP contribution in [0.15, 0.2) is 0 Å². The highest BCUT2D eigenvalue weighted by Gasteiger charge is 2.32. The van der Waals surface area contributed by atoms with Gasteiger partial charge in [0.05, 0.1) is 0 Å². The van der Waals surface area contributed by atoms with Crippen LogP contribution in [0, 0.1) is 11.3 Å². The fourth-order valence-corrected chi connectivity index (χ4v) is 2.87. The minimum absolute atomic E-state index is 0.565. The number of hydrogen-bond acceptors (Lipinski definition) is 2. The minimum Gasteiger partial charge on any atom is -0.314 e. The molecular formula is C12H24N2. The monoisotopic (exact) mass is 196 g/mol. The predicted molar refractivity (Wildman–Crippen MR) is 60.4 cm³/mol. The van der Waals surface area contributed by atoms with E-state index < -0.39 is 0 Å². The second-order valence-corrected chi connectivity index (χ2v) is 5.94. The van der Waals surface area contributed by atoms with Gasteiger partial charge in [0.1, 0.15) is 0 Å². The fraction of sp³-hybridized carbons (Fsp3) is 1.00. The van der Waals surface area contributed by atoms with Crippen molar-refractivity contribution in [2.45, 2.75) is 39.7 Å². The Hall–Kier alpha value is -0.0800. The number of likely N-dealkylation sites (tertiary alicyclic amines) is 1. The van der Waals surface area contributed by atoms with Crippen molar-refractivity contribution in [1.29, 1.82) is 0 Å². The Labute approximate surface area is 88.1 Å². The Kier molecular flexibility index (Phi) is 2.85. The summed E-state index contributed by atoms with van der Waals surface area (Å²) in [7, 11) is 0. The highest BCUT2D eigenvalue weighted by molar-refractivity contribution is 4.87. The Balaban J connectivity index is 1.81. The van der Waals surface area contributed by atoms with Crippen LogP contribution in [-0.4, -0.2) is 37.1 Å². The Morgan fingerprint density at radius 3 is 2.71 bits per heavy atom. The maximum absolute atomic E-state index is 3.54. The minimum atomic E-state index is 0.565. The molecule has 82 valence electrons. The summed E-state index contributed by atoms with van der Waals surface area (Å²) in [4.78, 5) is 2.66. The molecule has 2 aliphatic heterocycles. The largest absolute Gasteiger partial charge is 0.314 e. The van der Waals surface area contributed by atoms with Gasteiger partial charge < -0.3 is 10.2 Å². The second-order valence-electron chi connectivity index (χ2n) is 5.94. The molecule has 0 aliphatic carbocycles. The molecule has 14 heavy (non-hydrogen) atoms. The molecule has 2 saturated heterocycles. The first-order valence-electron chi connectivity index (χ1n) is 6.03. The van der Waals surface area contributed by atoms with Crippen LogP contribution in [0.1, 0.15) is 33.6 Å². The Morgan fingerprint density at radius 1 is 1.43 bits per heavy atom. The van der Waals surface area contributed by atoms with Gasteiger partial charge in [0.2, 0.25) is 0 Å². The molecule has 2 nitrogen and oxygen atoms in total. The van der Waals surface area contributed by atoms with Crippen molar-refractivity contribution in [2.24, 2.45) is 11.3 Å². The quantitative estimate of drug-likeness (QED) is 0.723. The van der Waals surface area contributed by atoms with E-state index in [2.05, 4.69) is 31.0 Å². The van der Waals surface area contributed by atoms with E-state index >= 15 is 0 Å². The van der Waals surface area contributed by atoms with Crippen molar-refractivity contribution in [3.05, 3.63) is 0 Å². The lowest BCUT2D eigenvalue weighted by molar-refractivity contribution is 0.241. The van der Waals surface area contributed by atoms with E-state index in [9.17, 15) is 0 Å². The number of hydrogen-bond donors (Lipinski definition) is 1. The van der Waals surface area contributed by atoms with Gasteiger partial charge >= 0.3 is 0 Å². The summed E-state index contributed by atoms with van der Waals surface area (Å²) < 4.78 is 0. The molecule has 0 saturated carbocycles. The highest BCUT2D eigenvalue weighted by atomic mass is 15.2. The summed E-state index contributed by atoms with van der Waals surface area (Å²) in [5.74, 6) is 0.892. The summed E-state index contributed by atoms with van der Waals surface area (Å²) in [6, 6.07) is 0.735. The van der Waals surface area contributed by atoms with Crippen molar-refractivity contribution >= 4 is 0 Å². The van der Waals surface area contributed by atoms with Crippen LogP contribution < -0.4 is 5.32 Å². The summed E-state index contributed by atoms with van der Waals surface area (Å²) >= 11 is 0. The van der Waals surface area contributed by atoms with Gasteiger partial charge in [-0.2, -0.15) is 0 Å². The van der Waals surface area contributed by atoms with Crippen LogP contribution in [0.3, 0.4) is 0 Å². The van der Waals surface area contributed by atoms with Crippen molar-refractivity contribution in [3.8, 4) is 0 Å². The molecule has 0 amide bonds. The van der Waals surface area contributed by atoms with Crippen molar-refractivity contribution in [3.63, 3.8) is 0 Å². The lowest BCUT2D eigenvalue weighted by atomic mass is 9.93. The summed E-state index contributed by atoms with van der Waals surface area (Å²) in [6.45, 7) is 12.3. The third-order valence-electron chi connectivity index (χ3n) is 3.94. The first-order valence-corrected chi connectivity index (χ1v) is 6.03. The standard InChI is InChI=1S/C12H24N2/c1-10-11(4-6-13-10)8-14-7-5-12(2,3)9-14/h10-11,13H,4-9H2,1-3H3. The van der Waals surface area contributed by atoms with Crippen LogP contribution in [0.4, 0.5) is 0 Å². The van der Waals surface area contributed by atoms with Crippen LogP contribution in [-0.2, 0) is 0 Å². The molecule has 0 bridgehead atoms. The average Bonchev–Trinajstić information content (AvgIpc) is 2.61. The van der Waals surface area contributed by atoms with E-state index in [-0.39, 0.29) is 0 Å². The SMILES string of the molecule is CC1NCCC1CN1CCC(C)(C)C1. The molecule has 2 heterocycles. The van der Waals surface area contributed by atoms with Crippen LogP contribution in [0.5, 0.6) is 0 Å². The molecular weight excluding hydrogens is 172 g/mol. The lowest BCUT2D eigenvalue weighted by Gasteiger charge is -2.24. The van der Waals surface area contributed by atoms with Gasteiger partial charge in [0.25, 0.3) is 0 Å². The van der Waals surface area contributed by atoms with E-state index in [1.165, 1.54) is 39.0 Å². The smallest absolute Gasteiger partial charge is 0.00796 e. The number of nitrogens with zero attached hydrogens (tertiary/aromatic N) is 1. The molecule has 0 radical (unpaired) electrons. The van der Waals surface area contributed by atoms with Gasteiger partial charge in [0.15, 0.2) is 0 Å². The van der Waals surface area contributed by atoms with E-state index in [0.29, 0.717) is 5.41 Å². The number of rotatable bonds is 2. The zero-order chi connectivity index (χ0) is 10.2. The van der Waals surface area contributed by atoms with Crippen molar-refractivity contribution < 1.29 is 0 Å². The maximum atomic E-state index is 3.54. The second kappa shape index (κ2) is 3.82. The first kappa shape index (κ1) is 10.4. The number of nitrogens with one attached hydrogen (secondary N) is 1. The topological polar surface area (TPSA) is 15.3 Å². The molecule has 2 unspecified atom stereocenters. The molecule has 0 aromatic rings. The third kappa shape index (κ3) is 2.29. The van der Waals surface area contributed by atoms with Crippen LogP contribution in [0.25, 0.3) is 0 Å². The zero-order valence-electron chi connectivity index (χ0n) is 9.84. The van der Waals surface area contributed by atoms with Gasteiger partial charge in [-0.05, 0) is 44.2 Å². The van der Waals surface area contributed by atoms with E-state index in [0.717, 1.165) is 12.0 Å². The normalized spacial score (nSPS) is 37.9. The van der Waals surface area contributed by atoms with Gasteiger partial charge in [-0.1, -0.05) is 13.8 Å². The van der Waals surface area contributed by atoms with E-state index in [4.69, 9.17) is 0 Å². The average molecular weight is 196 g/mol. The van der Waals surface area contributed by atoms with Gasteiger partial charge in [-0.3, -0.25) is 0 Å². The molecule has 0 spiro atoms. The van der Waals surface area contributed by atoms with Gasteiger partial charge in [-0.15, -0.1) is 0 Å². The summed E-state index contributed by atoms with van der Waals surface area (Å²) in [6.07, 6.45) is 2.75. The van der Waals surface area contributed by atoms with Gasteiger partial charge in [-0.25, -0.2) is 0 Å². The zero-order valence-corrected chi connectivity index (χ0v) is 9.84. The highest BCUT2D eigenvalue weighted by Crippen LogP contribution is 2.30. The van der Waals surface area contributed by atoms with Gasteiger partial charge in [0, 0.05) is 19.1 Å². The fourth-order valence-electron chi connectivity index (χ4n) is 2.87. The lowest BCUT2D eigenvalue weighted by Crippen LogP contribution is -2.34. The molecule has 1 N–H and O–H groups in total. The molecule has 2 rings (SSSR count). The van der Waals surface area contributed by atoms with Crippen LogP contribution >= 0.6 is 0 Å². The molecule has 0 aromatic heterocycles. The Bertz CT molecular complexity index is 200. The molecule has 2 atom stereocenters. The summed E-state index contributed by atoms with van der Waals surface area (Å²) in [5.41, 5.74) is 0.565. The van der Waals surface area contributed by atoms with Crippen LogP contribution in [0.2, 0.25) is 0 Å². The molecule has 0 aromatic carbocycles. The van der Waals surface area contributed by atoms with Crippen molar-refractivity contribution in [1.82, 2.24) is 10.2 Å².